The number of nitrogens with zero attached hydrogens (tertiary/aromatic N) is 3. The molecule has 0 spiro atoms. The number of carbonyl (C=O) groups is 2. The van der Waals surface area contributed by atoms with Gasteiger partial charge < -0.3 is 34.6 Å². The Labute approximate surface area is 207 Å². The number of hydrogen-bond donors (Lipinski definition) is 2. The summed E-state index contributed by atoms with van der Waals surface area (Å²) < 4.78 is 11.7. The second-order valence-electron chi connectivity index (χ2n) is 9.21. The number of nitrogens with one attached hydrogen (secondary N) is 1. The summed E-state index contributed by atoms with van der Waals surface area (Å²) in [6.07, 6.45) is -0.386. The average Bonchev–Trinajstić information content (AvgIpc) is 2.85. The van der Waals surface area contributed by atoms with Crippen LogP contribution in [0.3, 0.4) is 0 Å². The van der Waals surface area contributed by atoms with Crippen LogP contribution in [0, 0.1) is 5.92 Å². The molecule has 1 heterocycles. The first-order valence-electron chi connectivity index (χ1n) is 11.7. The van der Waals surface area contributed by atoms with Crippen LogP contribution in [0.4, 0.5) is 16.2 Å². The molecule has 9 nitrogen and oxygen atoms in total. The molecule has 1 aliphatic rings. The lowest BCUT2D eigenvalue weighted by molar-refractivity contribution is 0.0372. The number of carbonyl (C=O) groups excluding carboxylic acids is 2. The van der Waals surface area contributed by atoms with E-state index in [4.69, 9.17) is 9.47 Å². The van der Waals surface area contributed by atoms with Crippen molar-refractivity contribution in [1.29, 1.82) is 0 Å². The fraction of sp³-hybridized carbons (Fsp3) is 0.462. The van der Waals surface area contributed by atoms with Crippen LogP contribution in [0.25, 0.3) is 0 Å². The number of aliphatic hydroxyl groups excluding tert-OH is 1. The number of rotatable bonds is 7. The maximum atomic E-state index is 13.4. The number of methoxy groups -OCH3 is 1. The molecule has 9 heteroatoms. The minimum Gasteiger partial charge on any atom is -0.497 e. The van der Waals surface area contributed by atoms with Gasteiger partial charge in [-0.25, -0.2) is 4.79 Å². The molecule has 0 saturated heterocycles. The fourth-order valence-electron chi connectivity index (χ4n) is 4.04. The summed E-state index contributed by atoms with van der Waals surface area (Å²) in [7, 11) is 7.09. The van der Waals surface area contributed by atoms with E-state index >= 15 is 0 Å². The molecule has 35 heavy (non-hydrogen) atoms. The minimum atomic E-state index is -0.386. The number of amides is 3. The van der Waals surface area contributed by atoms with Gasteiger partial charge in [0.2, 0.25) is 0 Å². The van der Waals surface area contributed by atoms with Gasteiger partial charge in [0.1, 0.15) is 11.9 Å². The average molecular weight is 485 g/mol. The second-order valence-corrected chi connectivity index (χ2v) is 9.21. The van der Waals surface area contributed by atoms with Crippen molar-refractivity contribution >= 4 is 23.3 Å². The van der Waals surface area contributed by atoms with Crippen molar-refractivity contribution in [3.8, 4) is 11.5 Å². The Bertz CT molecular complexity index is 1030. The number of ether oxygens (including phenoxy) is 2. The quantitative estimate of drug-likeness (QED) is 0.627. The minimum absolute atomic E-state index is 0.104. The predicted octanol–water partition coefficient (Wildman–Crippen LogP) is 3.15. The summed E-state index contributed by atoms with van der Waals surface area (Å²) in [4.78, 5) is 31.5. The van der Waals surface area contributed by atoms with Crippen molar-refractivity contribution in [2.45, 2.75) is 26.0 Å². The first kappa shape index (κ1) is 26.2. The van der Waals surface area contributed by atoms with E-state index in [2.05, 4.69) is 5.32 Å². The number of urea groups is 1. The van der Waals surface area contributed by atoms with Crippen LogP contribution in [0.2, 0.25) is 0 Å². The molecular weight excluding hydrogens is 448 g/mol. The van der Waals surface area contributed by atoms with Gasteiger partial charge in [-0.15, -0.1) is 0 Å². The zero-order valence-electron chi connectivity index (χ0n) is 21.3. The third-order valence-corrected chi connectivity index (χ3v) is 6.29. The summed E-state index contributed by atoms with van der Waals surface area (Å²) in [5.74, 6) is 0.909. The lowest BCUT2D eigenvalue weighted by Gasteiger charge is -2.39. The molecule has 2 aromatic rings. The first-order valence-corrected chi connectivity index (χ1v) is 11.7. The molecule has 190 valence electrons. The molecule has 3 amide bonds. The molecular formula is C26H36N4O5. The van der Waals surface area contributed by atoms with Gasteiger partial charge in [-0.05, 0) is 43.3 Å². The smallest absolute Gasteiger partial charge is 0.321 e. The third kappa shape index (κ3) is 5.97. The highest BCUT2D eigenvalue weighted by Crippen LogP contribution is 2.36. The Hall–Kier alpha value is -3.46. The maximum absolute atomic E-state index is 13.4. The summed E-state index contributed by atoms with van der Waals surface area (Å²) in [5, 5.41) is 12.7. The van der Waals surface area contributed by atoms with Crippen LogP contribution in [0.5, 0.6) is 11.5 Å². The first-order chi connectivity index (χ1) is 16.7. The summed E-state index contributed by atoms with van der Waals surface area (Å²) in [6, 6.07) is 12.0. The van der Waals surface area contributed by atoms with Gasteiger partial charge in [0.25, 0.3) is 5.91 Å². The van der Waals surface area contributed by atoms with Crippen LogP contribution in [-0.2, 0) is 0 Å². The third-order valence-electron chi connectivity index (χ3n) is 6.29. The van der Waals surface area contributed by atoms with Crippen molar-refractivity contribution in [1.82, 2.24) is 9.80 Å². The molecule has 3 rings (SSSR count). The van der Waals surface area contributed by atoms with E-state index < -0.39 is 0 Å². The van der Waals surface area contributed by atoms with E-state index in [0.29, 0.717) is 35.8 Å². The molecule has 0 bridgehead atoms. The van der Waals surface area contributed by atoms with Crippen molar-refractivity contribution in [2.75, 3.05) is 58.2 Å². The van der Waals surface area contributed by atoms with Crippen LogP contribution in [-0.4, -0.2) is 86.9 Å². The molecule has 3 atom stereocenters. The Morgan fingerprint density at radius 1 is 1.23 bits per heavy atom. The zero-order valence-corrected chi connectivity index (χ0v) is 21.3. The Balaban J connectivity index is 1.87. The standard InChI is InChI=1S/C26H36N4O5/c1-17-14-30(18(2)16-31)25(32)21-8-7-9-22(28(3)4)24(21)35-23(17)15-29(5)26(33)27-19-10-12-20(34-6)13-11-19/h7-13,17-18,23,31H,14-16H2,1-6H3,(H,27,33)/t17-,18-,23+/m0/s1. The molecule has 0 unspecified atom stereocenters. The number of anilines is 2. The monoisotopic (exact) mass is 484 g/mol. The molecule has 0 radical (unpaired) electrons. The molecule has 2 N–H and O–H groups in total. The topological polar surface area (TPSA) is 94.6 Å². The molecule has 2 aromatic carbocycles. The number of benzene rings is 2. The van der Waals surface area contributed by atoms with E-state index in [9.17, 15) is 14.7 Å². The Kier molecular flexibility index (Phi) is 8.45. The number of hydrogen-bond acceptors (Lipinski definition) is 6. The van der Waals surface area contributed by atoms with Gasteiger partial charge in [0.15, 0.2) is 5.75 Å². The number of likely N-dealkylation sites (N-methyl/N-ethyl adjacent to an activating group) is 1. The van der Waals surface area contributed by atoms with E-state index in [-0.39, 0.29) is 36.6 Å². The van der Waals surface area contributed by atoms with Crippen molar-refractivity contribution in [3.63, 3.8) is 0 Å². The molecule has 0 aromatic heterocycles. The lowest BCUT2D eigenvalue weighted by atomic mass is 9.99. The number of para-hydroxylation sites is 1. The van der Waals surface area contributed by atoms with E-state index in [1.54, 1.807) is 54.3 Å². The Morgan fingerprint density at radius 3 is 2.51 bits per heavy atom. The van der Waals surface area contributed by atoms with E-state index in [1.165, 1.54) is 0 Å². The van der Waals surface area contributed by atoms with Gasteiger partial charge in [-0.1, -0.05) is 13.0 Å². The molecule has 0 aliphatic carbocycles. The predicted molar refractivity (Wildman–Crippen MR) is 137 cm³/mol. The van der Waals surface area contributed by atoms with Crippen molar-refractivity contribution in [2.24, 2.45) is 5.92 Å². The van der Waals surface area contributed by atoms with Gasteiger partial charge in [-0.3, -0.25) is 4.79 Å². The normalized spacial score (nSPS) is 18.5. The van der Waals surface area contributed by atoms with Crippen LogP contribution in [0.15, 0.2) is 42.5 Å². The van der Waals surface area contributed by atoms with Crippen molar-refractivity contribution < 1.29 is 24.2 Å². The van der Waals surface area contributed by atoms with Gasteiger partial charge in [0, 0.05) is 39.3 Å². The maximum Gasteiger partial charge on any atom is 0.321 e. The number of aliphatic hydroxyl groups is 1. The van der Waals surface area contributed by atoms with Crippen LogP contribution < -0.4 is 19.7 Å². The highest BCUT2D eigenvalue weighted by Gasteiger charge is 2.35. The summed E-state index contributed by atoms with van der Waals surface area (Å²) in [5.41, 5.74) is 1.87. The Morgan fingerprint density at radius 2 is 1.91 bits per heavy atom. The van der Waals surface area contributed by atoms with Gasteiger partial charge >= 0.3 is 6.03 Å². The highest BCUT2D eigenvalue weighted by molar-refractivity contribution is 5.99. The van der Waals surface area contributed by atoms with Crippen LogP contribution in [0.1, 0.15) is 24.2 Å². The second kappa shape index (κ2) is 11.3. The van der Waals surface area contributed by atoms with Crippen LogP contribution >= 0.6 is 0 Å². The van der Waals surface area contributed by atoms with E-state index in [1.807, 2.05) is 45.0 Å². The highest BCUT2D eigenvalue weighted by atomic mass is 16.5. The van der Waals surface area contributed by atoms with Crippen molar-refractivity contribution in [3.05, 3.63) is 48.0 Å². The van der Waals surface area contributed by atoms with Gasteiger partial charge in [0.05, 0.1) is 37.6 Å². The summed E-state index contributed by atoms with van der Waals surface area (Å²) >= 11 is 0. The van der Waals surface area contributed by atoms with E-state index in [0.717, 1.165) is 5.69 Å². The summed E-state index contributed by atoms with van der Waals surface area (Å²) in [6.45, 7) is 4.38. The lowest BCUT2D eigenvalue weighted by Crippen LogP contribution is -2.50. The molecule has 0 fully saturated rings. The molecule has 0 saturated carbocycles. The fourth-order valence-corrected chi connectivity index (χ4v) is 4.04. The van der Waals surface area contributed by atoms with Gasteiger partial charge in [-0.2, -0.15) is 0 Å². The zero-order chi connectivity index (χ0) is 25.7. The molecule has 1 aliphatic heterocycles. The SMILES string of the molecule is COc1ccc(NC(=O)N(C)C[C@H]2Oc3c(cccc3N(C)C)C(=O)N([C@@H](C)CO)C[C@@H]2C)cc1. The largest absolute Gasteiger partial charge is 0.497 e. The number of fused-ring (bicyclic) bond motifs is 1.